The molecule has 3 heteroatoms. The maximum Gasteiger partial charge on any atom is 0.0474 e. The van der Waals surface area contributed by atoms with Crippen molar-refractivity contribution in [2.45, 2.75) is 25.7 Å². The van der Waals surface area contributed by atoms with E-state index in [1.165, 1.54) is 58.4 Å². The molecule has 16 heavy (non-hydrogen) atoms. The predicted molar refractivity (Wildman–Crippen MR) is 66.6 cm³/mol. The topological polar surface area (TPSA) is 24.5 Å². The minimum Gasteiger partial charge on any atom is -0.385 e. The van der Waals surface area contributed by atoms with Crippen molar-refractivity contribution in [3.05, 3.63) is 0 Å². The van der Waals surface area contributed by atoms with Crippen LogP contribution in [0.1, 0.15) is 25.7 Å². The predicted octanol–water partition coefficient (Wildman–Crippen LogP) is 1.34. The van der Waals surface area contributed by atoms with Crippen molar-refractivity contribution in [1.82, 2.24) is 10.2 Å². The van der Waals surface area contributed by atoms with E-state index in [4.69, 9.17) is 4.74 Å². The van der Waals surface area contributed by atoms with Gasteiger partial charge in [0.15, 0.2) is 0 Å². The summed E-state index contributed by atoms with van der Waals surface area (Å²) in [5, 5.41) is 3.49. The maximum absolute atomic E-state index is 5.10. The Balaban J connectivity index is 1.62. The number of likely N-dealkylation sites (tertiary alicyclic amines) is 1. The molecule has 1 N–H and O–H groups in total. The highest BCUT2D eigenvalue weighted by Gasteiger charge is 2.28. The lowest BCUT2D eigenvalue weighted by Crippen LogP contribution is -2.37. The molecule has 1 unspecified atom stereocenters. The van der Waals surface area contributed by atoms with Gasteiger partial charge in [0.25, 0.3) is 0 Å². The van der Waals surface area contributed by atoms with Crippen LogP contribution in [0.25, 0.3) is 0 Å². The molecule has 2 saturated heterocycles. The highest BCUT2D eigenvalue weighted by Crippen LogP contribution is 2.28. The van der Waals surface area contributed by atoms with Crippen LogP contribution in [0.4, 0.5) is 0 Å². The van der Waals surface area contributed by atoms with Gasteiger partial charge in [-0.15, -0.1) is 0 Å². The molecule has 0 aromatic carbocycles. The number of rotatable bonds is 5. The zero-order valence-corrected chi connectivity index (χ0v) is 10.6. The summed E-state index contributed by atoms with van der Waals surface area (Å²) in [4.78, 5) is 2.61. The zero-order valence-electron chi connectivity index (χ0n) is 10.6. The Morgan fingerprint density at radius 1 is 1.19 bits per heavy atom. The molecule has 2 rings (SSSR count). The molecular formula is C13H26N2O. The van der Waals surface area contributed by atoms with Crippen molar-refractivity contribution < 1.29 is 4.74 Å². The molecule has 0 radical (unpaired) electrons. The van der Waals surface area contributed by atoms with Gasteiger partial charge in [-0.3, -0.25) is 0 Å². The van der Waals surface area contributed by atoms with Crippen LogP contribution in [0.3, 0.4) is 0 Å². The first-order chi connectivity index (χ1) is 7.90. The molecule has 1 atom stereocenters. The van der Waals surface area contributed by atoms with Gasteiger partial charge in [-0.05, 0) is 63.7 Å². The maximum atomic E-state index is 5.10. The molecule has 2 aliphatic heterocycles. The van der Waals surface area contributed by atoms with E-state index < -0.39 is 0 Å². The molecule has 94 valence electrons. The second kappa shape index (κ2) is 6.58. The van der Waals surface area contributed by atoms with Crippen LogP contribution < -0.4 is 5.32 Å². The number of piperidine rings is 1. The van der Waals surface area contributed by atoms with Crippen molar-refractivity contribution in [3.63, 3.8) is 0 Å². The summed E-state index contributed by atoms with van der Waals surface area (Å²) in [5.41, 5.74) is 0. The first-order valence-corrected chi connectivity index (χ1v) is 6.82. The summed E-state index contributed by atoms with van der Waals surface area (Å²) >= 11 is 0. The Kier molecular flexibility index (Phi) is 5.07. The number of nitrogens with one attached hydrogen (secondary N) is 1. The molecule has 2 heterocycles. The summed E-state index contributed by atoms with van der Waals surface area (Å²) in [5.74, 6) is 1.97. The quantitative estimate of drug-likeness (QED) is 0.716. The van der Waals surface area contributed by atoms with Crippen LogP contribution in [0, 0.1) is 11.8 Å². The number of methoxy groups -OCH3 is 1. The van der Waals surface area contributed by atoms with Gasteiger partial charge in [-0.1, -0.05) is 0 Å². The van der Waals surface area contributed by atoms with Crippen molar-refractivity contribution in [2.24, 2.45) is 11.8 Å². The monoisotopic (exact) mass is 226 g/mol. The standard InChI is InChI=1S/C13H26N2O/c1-16-10-2-7-15-8-4-12(5-9-15)13-3-6-14-11-13/h12-14H,2-11H2,1H3. The third-order valence-corrected chi connectivity index (χ3v) is 4.22. The van der Waals surface area contributed by atoms with E-state index >= 15 is 0 Å². The lowest BCUT2D eigenvalue weighted by atomic mass is 9.84. The lowest BCUT2D eigenvalue weighted by molar-refractivity contribution is 0.130. The van der Waals surface area contributed by atoms with Crippen LogP contribution in [0.5, 0.6) is 0 Å². The van der Waals surface area contributed by atoms with Crippen LogP contribution in [-0.2, 0) is 4.74 Å². The van der Waals surface area contributed by atoms with Gasteiger partial charge in [0.05, 0.1) is 0 Å². The van der Waals surface area contributed by atoms with Crippen molar-refractivity contribution in [2.75, 3.05) is 46.4 Å². The average molecular weight is 226 g/mol. The van der Waals surface area contributed by atoms with E-state index in [1.807, 2.05) is 0 Å². The Morgan fingerprint density at radius 3 is 2.62 bits per heavy atom. The minimum atomic E-state index is 0.909. The van der Waals surface area contributed by atoms with E-state index in [-0.39, 0.29) is 0 Å². The van der Waals surface area contributed by atoms with Crippen molar-refractivity contribution >= 4 is 0 Å². The van der Waals surface area contributed by atoms with Crippen LogP contribution in [0.2, 0.25) is 0 Å². The highest BCUT2D eigenvalue weighted by atomic mass is 16.5. The van der Waals surface area contributed by atoms with Gasteiger partial charge in [-0.2, -0.15) is 0 Å². The van der Waals surface area contributed by atoms with Gasteiger partial charge >= 0.3 is 0 Å². The third kappa shape index (κ3) is 3.44. The summed E-state index contributed by atoms with van der Waals surface area (Å²) in [6.45, 7) is 7.28. The Morgan fingerprint density at radius 2 is 2.00 bits per heavy atom. The van der Waals surface area contributed by atoms with E-state index in [9.17, 15) is 0 Å². The molecule has 0 saturated carbocycles. The molecule has 2 fully saturated rings. The Hall–Kier alpha value is -0.120. The molecule has 0 aliphatic carbocycles. The number of hydrogen-bond acceptors (Lipinski definition) is 3. The fourth-order valence-corrected chi connectivity index (χ4v) is 3.16. The van der Waals surface area contributed by atoms with E-state index in [2.05, 4.69) is 10.2 Å². The Bertz CT molecular complexity index is 184. The lowest BCUT2D eigenvalue weighted by Gasteiger charge is -2.34. The second-order valence-corrected chi connectivity index (χ2v) is 5.28. The van der Waals surface area contributed by atoms with Crippen molar-refractivity contribution in [3.8, 4) is 0 Å². The summed E-state index contributed by atoms with van der Waals surface area (Å²) in [7, 11) is 1.79. The van der Waals surface area contributed by atoms with Gasteiger partial charge in [-0.25, -0.2) is 0 Å². The SMILES string of the molecule is COCCCN1CCC(C2CCNC2)CC1. The largest absolute Gasteiger partial charge is 0.385 e. The number of nitrogens with zero attached hydrogens (tertiary/aromatic N) is 1. The first-order valence-electron chi connectivity index (χ1n) is 6.82. The molecule has 2 aliphatic rings. The molecular weight excluding hydrogens is 200 g/mol. The van der Waals surface area contributed by atoms with Crippen LogP contribution >= 0.6 is 0 Å². The molecule has 0 amide bonds. The number of ether oxygens (including phenoxy) is 1. The minimum absolute atomic E-state index is 0.909. The normalized spacial score (nSPS) is 28.7. The van der Waals surface area contributed by atoms with Gasteiger partial charge in [0.1, 0.15) is 0 Å². The molecule has 0 aromatic heterocycles. The third-order valence-electron chi connectivity index (χ3n) is 4.22. The zero-order chi connectivity index (χ0) is 11.2. The molecule has 3 nitrogen and oxygen atoms in total. The molecule has 0 aromatic rings. The number of hydrogen-bond donors (Lipinski definition) is 1. The van der Waals surface area contributed by atoms with E-state index in [0.717, 1.165) is 18.4 Å². The fraction of sp³-hybridized carbons (Fsp3) is 1.00. The Labute approximate surface area is 99.5 Å². The molecule has 0 bridgehead atoms. The van der Waals surface area contributed by atoms with E-state index in [0.29, 0.717) is 0 Å². The average Bonchev–Trinajstić information content (AvgIpc) is 2.84. The van der Waals surface area contributed by atoms with Crippen LogP contribution in [-0.4, -0.2) is 51.3 Å². The summed E-state index contributed by atoms with van der Waals surface area (Å²) < 4.78 is 5.10. The van der Waals surface area contributed by atoms with Gasteiger partial charge < -0.3 is 15.0 Å². The summed E-state index contributed by atoms with van der Waals surface area (Å²) in [6, 6.07) is 0. The van der Waals surface area contributed by atoms with Gasteiger partial charge in [0, 0.05) is 20.3 Å². The highest BCUT2D eigenvalue weighted by molar-refractivity contribution is 4.82. The second-order valence-electron chi connectivity index (χ2n) is 5.28. The molecule has 0 spiro atoms. The van der Waals surface area contributed by atoms with Crippen molar-refractivity contribution in [1.29, 1.82) is 0 Å². The smallest absolute Gasteiger partial charge is 0.0474 e. The summed E-state index contributed by atoms with van der Waals surface area (Å²) in [6.07, 6.45) is 5.43. The van der Waals surface area contributed by atoms with Gasteiger partial charge in [0.2, 0.25) is 0 Å². The fourth-order valence-electron chi connectivity index (χ4n) is 3.16. The first kappa shape index (κ1) is 12.3. The van der Waals surface area contributed by atoms with Crippen LogP contribution in [0.15, 0.2) is 0 Å². The van der Waals surface area contributed by atoms with E-state index in [1.54, 1.807) is 7.11 Å².